The molecule has 25 heavy (non-hydrogen) atoms. The van der Waals surface area contributed by atoms with Gasteiger partial charge in [0.15, 0.2) is 0 Å². The molecule has 3 heterocycles. The number of nitrogens with one attached hydrogen (secondary N) is 1. The number of nitrogens with zero attached hydrogens (tertiary/aromatic N) is 2. The molecular formula is C18H18FN3O2S. The maximum absolute atomic E-state index is 13.5. The zero-order valence-corrected chi connectivity index (χ0v) is 14.3. The maximum Gasteiger partial charge on any atom is 0.268 e. The van der Waals surface area contributed by atoms with Crippen molar-refractivity contribution in [3.05, 3.63) is 60.2 Å². The predicted molar refractivity (Wildman–Crippen MR) is 93.4 cm³/mol. The summed E-state index contributed by atoms with van der Waals surface area (Å²) < 4.78 is 40.7. The van der Waals surface area contributed by atoms with Crippen LogP contribution < -0.4 is 5.32 Å². The summed E-state index contributed by atoms with van der Waals surface area (Å²) in [6.07, 6.45) is 6.19. The molecule has 130 valence electrons. The lowest BCUT2D eigenvalue weighted by molar-refractivity contribution is 0.583. The van der Waals surface area contributed by atoms with Crippen molar-refractivity contribution in [3.8, 4) is 0 Å². The van der Waals surface area contributed by atoms with Crippen molar-refractivity contribution < 1.29 is 12.8 Å². The van der Waals surface area contributed by atoms with E-state index in [0.29, 0.717) is 17.1 Å². The summed E-state index contributed by atoms with van der Waals surface area (Å²) in [5, 5.41) is 3.42. The van der Waals surface area contributed by atoms with Crippen LogP contribution in [-0.4, -0.2) is 30.0 Å². The molecule has 1 saturated heterocycles. The monoisotopic (exact) mass is 359 g/mol. The van der Waals surface area contributed by atoms with E-state index < -0.39 is 15.8 Å². The third kappa shape index (κ3) is 2.94. The van der Waals surface area contributed by atoms with Gasteiger partial charge < -0.3 is 5.32 Å². The molecule has 5 nitrogen and oxygen atoms in total. The summed E-state index contributed by atoms with van der Waals surface area (Å²) in [6, 6.07) is 8.83. The normalized spacial score (nSPS) is 18.0. The standard InChI is InChI=1S/C18H18FN3O2S/c19-14-4-1-6-16(11-14)25(23,24)22-12-13(10-15-5-2-8-20-15)18-17(22)7-3-9-21-18/h1,3-4,6-7,9,11-12,15,20H,2,5,8,10H2/t15-/m0/s1. The minimum atomic E-state index is -3.88. The average Bonchev–Trinajstić information content (AvgIpc) is 3.24. The largest absolute Gasteiger partial charge is 0.314 e. The van der Waals surface area contributed by atoms with E-state index in [0.717, 1.165) is 37.4 Å². The Hall–Kier alpha value is -2.25. The van der Waals surface area contributed by atoms with E-state index in [-0.39, 0.29) is 4.90 Å². The van der Waals surface area contributed by atoms with Gasteiger partial charge in [-0.05, 0) is 61.7 Å². The summed E-state index contributed by atoms with van der Waals surface area (Å²) in [7, 11) is -3.88. The van der Waals surface area contributed by atoms with Gasteiger partial charge in [-0.25, -0.2) is 16.8 Å². The molecule has 3 aromatic rings. The van der Waals surface area contributed by atoms with Crippen molar-refractivity contribution in [1.29, 1.82) is 0 Å². The van der Waals surface area contributed by atoms with Crippen LogP contribution in [0.4, 0.5) is 4.39 Å². The van der Waals surface area contributed by atoms with Gasteiger partial charge >= 0.3 is 0 Å². The number of hydrogen-bond acceptors (Lipinski definition) is 4. The van der Waals surface area contributed by atoms with Gasteiger partial charge in [0.25, 0.3) is 10.0 Å². The Morgan fingerprint density at radius 2 is 2.16 bits per heavy atom. The van der Waals surface area contributed by atoms with Crippen LogP contribution in [0.2, 0.25) is 0 Å². The quantitative estimate of drug-likeness (QED) is 0.778. The molecule has 0 amide bonds. The number of fused-ring (bicyclic) bond motifs is 1. The van der Waals surface area contributed by atoms with E-state index in [1.165, 1.54) is 22.2 Å². The van der Waals surface area contributed by atoms with Gasteiger partial charge in [0.2, 0.25) is 0 Å². The highest BCUT2D eigenvalue weighted by Gasteiger charge is 2.24. The van der Waals surface area contributed by atoms with Gasteiger partial charge in [-0.1, -0.05) is 6.07 Å². The summed E-state index contributed by atoms with van der Waals surface area (Å²) in [4.78, 5) is 4.31. The van der Waals surface area contributed by atoms with Crippen LogP contribution in [0.3, 0.4) is 0 Å². The fourth-order valence-electron chi connectivity index (χ4n) is 3.38. The van der Waals surface area contributed by atoms with E-state index in [1.807, 2.05) is 0 Å². The van der Waals surface area contributed by atoms with Crippen molar-refractivity contribution >= 4 is 21.1 Å². The highest BCUT2D eigenvalue weighted by Crippen LogP contribution is 2.26. The van der Waals surface area contributed by atoms with E-state index in [2.05, 4.69) is 10.3 Å². The minimum Gasteiger partial charge on any atom is -0.314 e. The number of pyridine rings is 1. The summed E-state index contributed by atoms with van der Waals surface area (Å²) in [5.74, 6) is -0.578. The van der Waals surface area contributed by atoms with Crippen LogP contribution in [-0.2, 0) is 16.4 Å². The molecule has 1 N–H and O–H groups in total. The van der Waals surface area contributed by atoms with Gasteiger partial charge in [-0.15, -0.1) is 0 Å². The molecule has 0 unspecified atom stereocenters. The summed E-state index contributed by atoms with van der Waals surface area (Å²) in [6.45, 7) is 0.984. The molecule has 1 fully saturated rings. The van der Waals surface area contributed by atoms with E-state index >= 15 is 0 Å². The molecule has 1 aliphatic heterocycles. The molecule has 0 aliphatic carbocycles. The Morgan fingerprint density at radius 3 is 2.92 bits per heavy atom. The molecule has 7 heteroatoms. The van der Waals surface area contributed by atoms with Crippen LogP contribution in [0.5, 0.6) is 0 Å². The van der Waals surface area contributed by atoms with Crippen LogP contribution in [0, 0.1) is 5.82 Å². The van der Waals surface area contributed by atoms with Crippen molar-refractivity contribution in [2.75, 3.05) is 6.54 Å². The smallest absolute Gasteiger partial charge is 0.268 e. The fourth-order valence-corrected chi connectivity index (χ4v) is 4.79. The molecular weight excluding hydrogens is 341 g/mol. The van der Waals surface area contributed by atoms with Gasteiger partial charge in [0.1, 0.15) is 5.82 Å². The highest BCUT2D eigenvalue weighted by atomic mass is 32.2. The molecule has 2 aromatic heterocycles. The Bertz CT molecular complexity index is 1020. The Balaban J connectivity index is 1.84. The number of rotatable bonds is 4. The van der Waals surface area contributed by atoms with Crippen LogP contribution in [0.25, 0.3) is 11.0 Å². The second-order valence-electron chi connectivity index (χ2n) is 6.28. The van der Waals surface area contributed by atoms with Gasteiger partial charge in [-0.3, -0.25) is 4.98 Å². The second kappa shape index (κ2) is 6.24. The minimum absolute atomic E-state index is 0.0706. The van der Waals surface area contributed by atoms with E-state index in [1.54, 1.807) is 24.5 Å². The van der Waals surface area contributed by atoms with Crippen LogP contribution in [0.15, 0.2) is 53.7 Å². The van der Waals surface area contributed by atoms with Crippen molar-refractivity contribution in [3.63, 3.8) is 0 Å². The van der Waals surface area contributed by atoms with E-state index in [9.17, 15) is 12.8 Å². The molecule has 0 bridgehead atoms. The van der Waals surface area contributed by atoms with Crippen molar-refractivity contribution in [2.45, 2.75) is 30.2 Å². The zero-order chi connectivity index (χ0) is 17.4. The Morgan fingerprint density at radius 1 is 1.28 bits per heavy atom. The first kappa shape index (κ1) is 16.2. The number of hydrogen-bond donors (Lipinski definition) is 1. The van der Waals surface area contributed by atoms with Crippen LogP contribution >= 0.6 is 0 Å². The molecule has 0 saturated carbocycles. The highest BCUT2D eigenvalue weighted by molar-refractivity contribution is 7.90. The molecule has 0 radical (unpaired) electrons. The van der Waals surface area contributed by atoms with Crippen molar-refractivity contribution in [1.82, 2.24) is 14.3 Å². The third-order valence-electron chi connectivity index (χ3n) is 4.58. The number of halogens is 1. The zero-order valence-electron chi connectivity index (χ0n) is 13.5. The topological polar surface area (TPSA) is 64.0 Å². The maximum atomic E-state index is 13.5. The summed E-state index contributed by atoms with van der Waals surface area (Å²) >= 11 is 0. The van der Waals surface area contributed by atoms with E-state index in [4.69, 9.17) is 0 Å². The van der Waals surface area contributed by atoms with Gasteiger partial charge in [0, 0.05) is 18.4 Å². The summed E-state index contributed by atoms with van der Waals surface area (Å²) in [5.41, 5.74) is 2.07. The molecule has 1 aromatic carbocycles. The fraction of sp³-hybridized carbons (Fsp3) is 0.278. The van der Waals surface area contributed by atoms with Gasteiger partial charge in [-0.2, -0.15) is 0 Å². The molecule has 4 rings (SSSR count). The lowest BCUT2D eigenvalue weighted by atomic mass is 10.1. The average molecular weight is 359 g/mol. The first-order valence-corrected chi connectivity index (χ1v) is 9.69. The third-order valence-corrected chi connectivity index (χ3v) is 6.25. The Labute approximate surface area is 145 Å². The van der Waals surface area contributed by atoms with Crippen LogP contribution in [0.1, 0.15) is 18.4 Å². The van der Waals surface area contributed by atoms with Gasteiger partial charge in [0.05, 0.1) is 15.9 Å². The number of benzene rings is 1. The lowest BCUT2D eigenvalue weighted by Crippen LogP contribution is -2.23. The Kier molecular flexibility index (Phi) is 4.05. The molecule has 1 atom stereocenters. The molecule has 1 aliphatic rings. The number of aromatic nitrogens is 2. The SMILES string of the molecule is O=S(=O)(c1cccc(F)c1)n1cc(C[C@@H]2CCCN2)c2ncccc21. The second-order valence-corrected chi connectivity index (χ2v) is 8.10. The molecule has 0 spiro atoms. The first-order valence-electron chi connectivity index (χ1n) is 8.25. The lowest BCUT2D eigenvalue weighted by Gasteiger charge is -2.08. The van der Waals surface area contributed by atoms with Crippen molar-refractivity contribution in [2.24, 2.45) is 0 Å². The predicted octanol–water partition coefficient (Wildman–Crippen LogP) is 2.71. The first-order chi connectivity index (χ1) is 12.1.